The van der Waals surface area contributed by atoms with Gasteiger partial charge in [0.2, 0.25) is 0 Å². The molecule has 1 N–H and O–H groups in total. The fourth-order valence-corrected chi connectivity index (χ4v) is 5.02. The Morgan fingerprint density at radius 2 is 1.36 bits per heavy atom. The zero-order valence-electron chi connectivity index (χ0n) is 17.9. The summed E-state index contributed by atoms with van der Waals surface area (Å²) in [6.45, 7) is 0. The van der Waals surface area contributed by atoms with E-state index in [1.807, 2.05) is 18.2 Å². The standard InChI is InChI=1S/C28H21N3O2/c29-15-17-1-5-19(6-2-17)27(32)21-9-11-25-23(13-21)24-14-22(10-12-26(24)31-25)28(33)20-7-3-18(16-30)4-8-20/h1-12,21-23,25,31H,13-14H2. The zero-order chi connectivity index (χ0) is 22.9. The maximum Gasteiger partial charge on any atom is 0.170 e. The first-order valence-electron chi connectivity index (χ1n) is 11.0. The van der Waals surface area contributed by atoms with Crippen LogP contribution in [-0.4, -0.2) is 17.6 Å². The number of allylic oxidation sites excluding steroid dienone is 3. The van der Waals surface area contributed by atoms with Crippen molar-refractivity contribution in [3.8, 4) is 12.1 Å². The van der Waals surface area contributed by atoms with E-state index in [2.05, 4.69) is 23.5 Å². The number of Topliss-reactive ketones (excluding diaryl/α,β-unsaturated/α-hetero) is 2. The Morgan fingerprint density at radius 3 is 1.94 bits per heavy atom. The summed E-state index contributed by atoms with van der Waals surface area (Å²) in [4.78, 5) is 26.2. The van der Waals surface area contributed by atoms with Crippen LogP contribution in [0.3, 0.4) is 0 Å². The van der Waals surface area contributed by atoms with Crippen LogP contribution in [0.5, 0.6) is 0 Å². The van der Waals surface area contributed by atoms with Crippen molar-refractivity contribution in [1.82, 2.24) is 5.32 Å². The molecule has 0 aromatic heterocycles. The van der Waals surface area contributed by atoms with Gasteiger partial charge < -0.3 is 5.32 Å². The molecule has 33 heavy (non-hydrogen) atoms. The van der Waals surface area contributed by atoms with Gasteiger partial charge in [-0.15, -0.1) is 0 Å². The van der Waals surface area contributed by atoms with Crippen molar-refractivity contribution in [1.29, 1.82) is 10.5 Å². The van der Waals surface area contributed by atoms with Crippen molar-refractivity contribution < 1.29 is 9.59 Å². The van der Waals surface area contributed by atoms with E-state index in [0.29, 0.717) is 35.1 Å². The molecule has 5 nitrogen and oxygen atoms in total. The van der Waals surface area contributed by atoms with Crippen LogP contribution in [0, 0.1) is 40.4 Å². The van der Waals surface area contributed by atoms with E-state index in [-0.39, 0.29) is 35.4 Å². The summed E-state index contributed by atoms with van der Waals surface area (Å²) < 4.78 is 0. The fourth-order valence-electron chi connectivity index (χ4n) is 5.02. The molecule has 0 bridgehead atoms. The van der Waals surface area contributed by atoms with Gasteiger partial charge in [0.15, 0.2) is 11.6 Å². The Balaban J connectivity index is 1.32. The summed E-state index contributed by atoms with van der Waals surface area (Å²) in [7, 11) is 0. The first kappa shape index (κ1) is 20.7. The highest BCUT2D eigenvalue weighted by Gasteiger charge is 2.40. The SMILES string of the molecule is N#Cc1ccc(C(=O)C2C=CC3=C(C2)C2CC(C(=O)c4ccc(C#N)cc4)C=CC2N3)cc1. The van der Waals surface area contributed by atoms with Crippen LogP contribution in [0.15, 0.2) is 84.1 Å². The number of hydrogen-bond acceptors (Lipinski definition) is 5. The number of nitrogens with zero attached hydrogens (tertiary/aromatic N) is 2. The number of nitriles is 2. The van der Waals surface area contributed by atoms with E-state index in [9.17, 15) is 9.59 Å². The number of benzene rings is 2. The van der Waals surface area contributed by atoms with E-state index in [1.54, 1.807) is 48.5 Å². The number of ketones is 2. The van der Waals surface area contributed by atoms with Crippen molar-refractivity contribution in [3.63, 3.8) is 0 Å². The van der Waals surface area contributed by atoms with Crippen LogP contribution in [0.2, 0.25) is 0 Å². The molecule has 2 aromatic carbocycles. The molecule has 0 amide bonds. The van der Waals surface area contributed by atoms with Gasteiger partial charge in [-0.25, -0.2) is 0 Å². The maximum atomic E-state index is 13.1. The van der Waals surface area contributed by atoms with Gasteiger partial charge in [-0.05, 0) is 48.8 Å². The van der Waals surface area contributed by atoms with Crippen molar-refractivity contribution in [3.05, 3.63) is 106 Å². The van der Waals surface area contributed by atoms with Crippen LogP contribution in [-0.2, 0) is 0 Å². The lowest BCUT2D eigenvalue weighted by atomic mass is 9.74. The Hall–Kier alpha value is -4.22. The summed E-state index contributed by atoms with van der Waals surface area (Å²) in [6.07, 6.45) is 9.32. The van der Waals surface area contributed by atoms with Gasteiger partial charge >= 0.3 is 0 Å². The first-order valence-corrected chi connectivity index (χ1v) is 11.0. The maximum absolute atomic E-state index is 13.1. The highest BCUT2D eigenvalue weighted by Crippen LogP contribution is 2.42. The van der Waals surface area contributed by atoms with Crippen LogP contribution in [0.4, 0.5) is 0 Å². The fraction of sp³-hybridized carbons (Fsp3) is 0.214. The van der Waals surface area contributed by atoms with Crippen LogP contribution >= 0.6 is 0 Å². The molecule has 4 atom stereocenters. The van der Waals surface area contributed by atoms with Crippen molar-refractivity contribution in [2.75, 3.05) is 0 Å². The van der Waals surface area contributed by atoms with Gasteiger partial charge in [0.25, 0.3) is 0 Å². The molecule has 0 fully saturated rings. The number of carbonyl (C=O) groups excluding carboxylic acids is 2. The molecule has 0 saturated carbocycles. The molecule has 0 saturated heterocycles. The Morgan fingerprint density at radius 1 is 0.788 bits per heavy atom. The zero-order valence-corrected chi connectivity index (χ0v) is 17.9. The quantitative estimate of drug-likeness (QED) is 0.569. The van der Waals surface area contributed by atoms with E-state index in [4.69, 9.17) is 10.5 Å². The molecule has 5 rings (SSSR count). The summed E-state index contributed by atoms with van der Waals surface area (Å²) in [6, 6.07) is 17.8. The first-order chi connectivity index (χ1) is 16.1. The van der Waals surface area contributed by atoms with E-state index in [1.165, 1.54) is 5.57 Å². The number of nitrogens with one attached hydrogen (secondary N) is 1. The average molecular weight is 431 g/mol. The van der Waals surface area contributed by atoms with Crippen LogP contribution in [0.1, 0.15) is 44.7 Å². The molecule has 1 aliphatic heterocycles. The molecule has 0 radical (unpaired) electrons. The van der Waals surface area contributed by atoms with Crippen LogP contribution in [0.25, 0.3) is 0 Å². The van der Waals surface area contributed by atoms with Crippen molar-refractivity contribution in [2.45, 2.75) is 18.9 Å². The predicted octanol–water partition coefficient (Wildman–Crippen LogP) is 4.49. The normalized spacial score (nSPS) is 24.8. The molecule has 2 aliphatic carbocycles. The van der Waals surface area contributed by atoms with Gasteiger partial charge in [-0.2, -0.15) is 10.5 Å². The monoisotopic (exact) mass is 431 g/mol. The molecule has 2 aromatic rings. The average Bonchev–Trinajstić information content (AvgIpc) is 3.25. The van der Waals surface area contributed by atoms with E-state index >= 15 is 0 Å². The number of rotatable bonds is 4. The highest BCUT2D eigenvalue weighted by molar-refractivity contribution is 6.00. The summed E-state index contributed by atoms with van der Waals surface area (Å²) in [5.41, 5.74) is 4.55. The van der Waals surface area contributed by atoms with E-state index in [0.717, 1.165) is 5.70 Å². The van der Waals surface area contributed by atoms with Gasteiger partial charge in [-0.1, -0.05) is 42.5 Å². The van der Waals surface area contributed by atoms with Crippen molar-refractivity contribution in [2.24, 2.45) is 17.8 Å². The lowest BCUT2D eigenvalue weighted by molar-refractivity contribution is 0.0918. The third-order valence-corrected chi connectivity index (χ3v) is 6.81. The number of carbonyl (C=O) groups is 2. The molecule has 4 unspecified atom stereocenters. The molecule has 0 spiro atoms. The van der Waals surface area contributed by atoms with Gasteiger partial charge in [0.1, 0.15) is 0 Å². The second-order valence-corrected chi connectivity index (χ2v) is 8.72. The summed E-state index contributed by atoms with van der Waals surface area (Å²) >= 11 is 0. The molecular formula is C28H21N3O2. The lowest BCUT2D eigenvalue weighted by Crippen LogP contribution is -2.33. The summed E-state index contributed by atoms with van der Waals surface area (Å²) in [5.74, 6) is -0.220. The molecule has 1 heterocycles. The van der Waals surface area contributed by atoms with Crippen LogP contribution < -0.4 is 5.32 Å². The van der Waals surface area contributed by atoms with Gasteiger partial charge in [0, 0.05) is 34.6 Å². The number of fused-ring (bicyclic) bond motifs is 2. The highest BCUT2D eigenvalue weighted by atomic mass is 16.1. The smallest absolute Gasteiger partial charge is 0.170 e. The summed E-state index contributed by atoms with van der Waals surface area (Å²) in [5, 5.41) is 21.5. The molecular weight excluding hydrogens is 410 g/mol. The Bertz CT molecular complexity index is 1300. The minimum absolute atomic E-state index is 0.0438. The molecule has 5 heteroatoms. The van der Waals surface area contributed by atoms with Gasteiger partial charge in [-0.3, -0.25) is 9.59 Å². The topological polar surface area (TPSA) is 93.8 Å². The Labute approximate surface area is 192 Å². The lowest BCUT2D eigenvalue weighted by Gasteiger charge is -2.29. The minimum Gasteiger partial charge on any atom is -0.378 e. The van der Waals surface area contributed by atoms with E-state index < -0.39 is 0 Å². The largest absolute Gasteiger partial charge is 0.378 e. The predicted molar refractivity (Wildman–Crippen MR) is 123 cm³/mol. The van der Waals surface area contributed by atoms with Crippen molar-refractivity contribution >= 4 is 11.6 Å². The minimum atomic E-state index is -0.254. The third-order valence-electron chi connectivity index (χ3n) is 6.81. The molecule has 3 aliphatic rings. The second-order valence-electron chi connectivity index (χ2n) is 8.72. The third kappa shape index (κ3) is 3.79. The Kier molecular flexibility index (Phi) is 5.24. The number of hydrogen-bond donors (Lipinski definition) is 1. The van der Waals surface area contributed by atoms with Gasteiger partial charge in [0.05, 0.1) is 29.3 Å². The molecule has 160 valence electrons. The second kappa shape index (κ2) is 8.37.